The molecule has 5 rings (SSSR count). The molecular formula is C35H52N2O3. The lowest BCUT2D eigenvalue weighted by molar-refractivity contribution is 0.0221. The van der Waals surface area contributed by atoms with E-state index in [2.05, 4.69) is 68.5 Å². The van der Waals surface area contributed by atoms with E-state index in [1.165, 1.54) is 67.5 Å². The zero-order chi connectivity index (χ0) is 28.5. The Bertz CT molecular complexity index is 1150. The van der Waals surface area contributed by atoms with Crippen LogP contribution in [0, 0.1) is 12.8 Å². The highest BCUT2D eigenvalue weighted by atomic mass is 16.5. The maximum absolute atomic E-state index is 14.3. The van der Waals surface area contributed by atoms with Crippen molar-refractivity contribution in [3.8, 4) is 5.69 Å². The molecule has 220 valence electrons. The number of rotatable bonds is 9. The number of nitrogens with zero attached hydrogens (tertiary/aromatic N) is 2. The summed E-state index contributed by atoms with van der Waals surface area (Å²) in [6.45, 7) is 14.1. The minimum absolute atomic E-state index is 0.0559. The van der Waals surface area contributed by atoms with Gasteiger partial charge in [-0.15, -0.1) is 0 Å². The first kappa shape index (κ1) is 29.4. The smallest absolute Gasteiger partial charge is 0.256 e. The maximum atomic E-state index is 14.3. The summed E-state index contributed by atoms with van der Waals surface area (Å²) >= 11 is 0. The fourth-order valence-corrected chi connectivity index (χ4v) is 6.80. The fourth-order valence-electron chi connectivity index (χ4n) is 6.80. The van der Waals surface area contributed by atoms with Crippen LogP contribution in [0.2, 0.25) is 0 Å². The molecule has 0 unspecified atom stereocenters. The standard InChI is InChI=1S/C35H52N2O3/c1-25-31(33(38)36(16-19-39-6)29-12-17-40-18-13-29)24-37(32(25)20-26-10-8-7-9-11-26)30-22-27(34(2,3)4)21-28(23-30)35(5)14-15-35/h21-24,26,29H,7-20H2,1-6H3. The second kappa shape index (κ2) is 12.0. The molecule has 1 aliphatic heterocycles. The Morgan fingerprint density at radius 2 is 1.77 bits per heavy atom. The summed E-state index contributed by atoms with van der Waals surface area (Å²) in [6.07, 6.45) is 14.1. The lowest BCUT2D eigenvalue weighted by atomic mass is 9.83. The first-order chi connectivity index (χ1) is 19.1. The molecular weight excluding hydrogens is 496 g/mol. The summed E-state index contributed by atoms with van der Waals surface area (Å²) in [5, 5.41) is 0. The number of aromatic nitrogens is 1. The molecule has 0 spiro atoms. The molecule has 3 aliphatic rings. The monoisotopic (exact) mass is 548 g/mol. The molecule has 1 saturated heterocycles. The number of benzene rings is 1. The molecule has 2 heterocycles. The van der Waals surface area contributed by atoms with Crippen molar-refractivity contribution < 1.29 is 14.3 Å². The van der Waals surface area contributed by atoms with Crippen LogP contribution in [0.15, 0.2) is 24.4 Å². The van der Waals surface area contributed by atoms with E-state index in [1.807, 2.05) is 0 Å². The van der Waals surface area contributed by atoms with Gasteiger partial charge in [-0.1, -0.05) is 65.9 Å². The number of carbonyl (C=O) groups excluding carboxylic acids is 1. The van der Waals surface area contributed by atoms with Crippen molar-refractivity contribution in [2.45, 2.75) is 116 Å². The Kier molecular flexibility index (Phi) is 8.83. The molecule has 1 aromatic heterocycles. The number of hydrogen-bond donors (Lipinski definition) is 0. The van der Waals surface area contributed by atoms with E-state index in [9.17, 15) is 4.79 Å². The van der Waals surface area contributed by atoms with Crippen molar-refractivity contribution in [3.63, 3.8) is 0 Å². The molecule has 0 N–H and O–H groups in total. The van der Waals surface area contributed by atoms with Gasteiger partial charge in [0.1, 0.15) is 0 Å². The Labute approximate surface area is 242 Å². The largest absolute Gasteiger partial charge is 0.383 e. The average molecular weight is 549 g/mol. The molecule has 1 amide bonds. The number of amides is 1. The Morgan fingerprint density at radius 1 is 1.07 bits per heavy atom. The lowest BCUT2D eigenvalue weighted by Gasteiger charge is -2.34. The molecule has 2 aromatic rings. The predicted octanol–water partition coefficient (Wildman–Crippen LogP) is 7.53. The van der Waals surface area contributed by atoms with Crippen LogP contribution in [0.25, 0.3) is 5.69 Å². The van der Waals surface area contributed by atoms with E-state index in [1.54, 1.807) is 7.11 Å². The van der Waals surface area contributed by atoms with Gasteiger partial charge in [0.25, 0.3) is 5.91 Å². The van der Waals surface area contributed by atoms with E-state index < -0.39 is 0 Å². The molecule has 2 saturated carbocycles. The highest BCUT2D eigenvalue weighted by molar-refractivity contribution is 5.96. The van der Waals surface area contributed by atoms with Crippen molar-refractivity contribution in [3.05, 3.63) is 52.3 Å². The zero-order valence-corrected chi connectivity index (χ0v) is 26.0. The topological polar surface area (TPSA) is 43.7 Å². The molecule has 5 heteroatoms. The third kappa shape index (κ3) is 6.36. The molecule has 3 fully saturated rings. The summed E-state index contributed by atoms with van der Waals surface area (Å²) in [7, 11) is 1.72. The summed E-state index contributed by atoms with van der Waals surface area (Å²) < 4.78 is 13.5. The minimum atomic E-state index is 0.0559. The molecule has 1 aromatic carbocycles. The van der Waals surface area contributed by atoms with Crippen molar-refractivity contribution in [1.82, 2.24) is 9.47 Å². The van der Waals surface area contributed by atoms with Crippen molar-refractivity contribution in [2.75, 3.05) is 33.5 Å². The van der Waals surface area contributed by atoms with E-state index in [4.69, 9.17) is 9.47 Å². The highest BCUT2D eigenvalue weighted by Crippen LogP contribution is 2.49. The van der Waals surface area contributed by atoms with Crippen LogP contribution in [-0.2, 0) is 26.7 Å². The molecule has 2 aliphatic carbocycles. The number of ether oxygens (including phenoxy) is 2. The van der Waals surface area contributed by atoms with Crippen LogP contribution in [-0.4, -0.2) is 54.9 Å². The Balaban J connectivity index is 1.59. The van der Waals surface area contributed by atoms with E-state index in [0.29, 0.717) is 19.1 Å². The van der Waals surface area contributed by atoms with Gasteiger partial charge in [-0.25, -0.2) is 0 Å². The van der Waals surface area contributed by atoms with Gasteiger partial charge >= 0.3 is 0 Å². The van der Waals surface area contributed by atoms with Gasteiger partial charge in [0.05, 0.1) is 12.2 Å². The SMILES string of the molecule is COCCN(C(=O)c1cn(-c2cc(C(C)(C)C)cc(C3(C)CC3)c2)c(CC2CCCCC2)c1C)C1CCOCC1. The Morgan fingerprint density at radius 3 is 2.40 bits per heavy atom. The molecule has 5 nitrogen and oxygen atoms in total. The van der Waals surface area contributed by atoms with Gasteiger partial charge in [0.2, 0.25) is 0 Å². The second-order valence-corrected chi connectivity index (χ2v) is 14.1. The normalized spacial score (nSPS) is 20.1. The first-order valence-corrected chi connectivity index (χ1v) is 15.9. The summed E-state index contributed by atoms with van der Waals surface area (Å²) in [5.41, 5.74) is 7.71. The summed E-state index contributed by atoms with van der Waals surface area (Å²) in [4.78, 5) is 16.4. The zero-order valence-electron chi connectivity index (χ0n) is 26.0. The van der Waals surface area contributed by atoms with Crippen molar-refractivity contribution in [2.24, 2.45) is 5.92 Å². The summed E-state index contributed by atoms with van der Waals surface area (Å²) in [5.74, 6) is 0.835. The fraction of sp³-hybridized carbons (Fsp3) is 0.686. The van der Waals surface area contributed by atoms with Crippen LogP contribution >= 0.6 is 0 Å². The van der Waals surface area contributed by atoms with Gasteiger partial charge in [0.15, 0.2) is 0 Å². The van der Waals surface area contributed by atoms with Crippen LogP contribution in [0.5, 0.6) is 0 Å². The highest BCUT2D eigenvalue weighted by Gasteiger charge is 2.40. The van der Waals surface area contributed by atoms with Gasteiger partial charge < -0.3 is 18.9 Å². The van der Waals surface area contributed by atoms with Crippen LogP contribution in [0.3, 0.4) is 0 Å². The van der Waals surface area contributed by atoms with Crippen LogP contribution in [0.4, 0.5) is 0 Å². The van der Waals surface area contributed by atoms with Crippen molar-refractivity contribution in [1.29, 1.82) is 0 Å². The molecule has 40 heavy (non-hydrogen) atoms. The lowest BCUT2D eigenvalue weighted by Crippen LogP contribution is -2.45. The molecule has 0 atom stereocenters. The van der Waals surface area contributed by atoms with Crippen LogP contribution in [0.1, 0.15) is 118 Å². The van der Waals surface area contributed by atoms with Crippen molar-refractivity contribution >= 4 is 5.91 Å². The number of methoxy groups -OCH3 is 1. The number of hydrogen-bond acceptors (Lipinski definition) is 3. The molecule has 0 radical (unpaired) electrons. The van der Waals surface area contributed by atoms with Gasteiger partial charge in [-0.3, -0.25) is 4.79 Å². The minimum Gasteiger partial charge on any atom is -0.383 e. The second-order valence-electron chi connectivity index (χ2n) is 14.1. The maximum Gasteiger partial charge on any atom is 0.256 e. The van der Waals surface area contributed by atoms with E-state index in [-0.39, 0.29) is 22.8 Å². The predicted molar refractivity (Wildman–Crippen MR) is 163 cm³/mol. The van der Waals surface area contributed by atoms with Gasteiger partial charge in [0, 0.05) is 50.5 Å². The first-order valence-electron chi connectivity index (χ1n) is 15.9. The van der Waals surface area contributed by atoms with E-state index in [0.717, 1.165) is 43.6 Å². The average Bonchev–Trinajstić information content (AvgIpc) is 3.63. The Hall–Kier alpha value is -2.11. The third-order valence-electron chi connectivity index (χ3n) is 10.0. The third-order valence-corrected chi connectivity index (χ3v) is 10.0. The van der Waals surface area contributed by atoms with Crippen LogP contribution < -0.4 is 0 Å². The van der Waals surface area contributed by atoms with Gasteiger partial charge in [-0.05, 0) is 84.6 Å². The number of carbonyl (C=O) groups is 1. The quantitative estimate of drug-likeness (QED) is 0.325. The molecule has 0 bridgehead atoms. The summed E-state index contributed by atoms with van der Waals surface area (Å²) in [6, 6.07) is 7.44. The van der Waals surface area contributed by atoms with E-state index >= 15 is 0 Å². The van der Waals surface area contributed by atoms with Gasteiger partial charge in [-0.2, -0.15) is 0 Å².